The van der Waals surface area contributed by atoms with Crippen LogP contribution in [0.4, 0.5) is 4.39 Å². The average Bonchev–Trinajstić information content (AvgIpc) is 2.26. The Morgan fingerprint density at radius 3 is 2.73 bits per heavy atom. The van der Waals surface area contributed by atoms with Crippen molar-refractivity contribution in [3.63, 3.8) is 0 Å². The second-order valence-electron chi connectivity index (χ2n) is 3.51. The molecular formula is C12H18FNO. The number of rotatable bonds is 6. The van der Waals surface area contributed by atoms with Crippen molar-refractivity contribution < 1.29 is 9.50 Å². The van der Waals surface area contributed by atoms with Crippen molar-refractivity contribution in [2.24, 2.45) is 0 Å². The van der Waals surface area contributed by atoms with Crippen LogP contribution >= 0.6 is 0 Å². The molecule has 0 fully saturated rings. The van der Waals surface area contributed by atoms with Crippen LogP contribution in [0.15, 0.2) is 24.3 Å². The van der Waals surface area contributed by atoms with Crippen LogP contribution in [0.5, 0.6) is 0 Å². The van der Waals surface area contributed by atoms with Crippen molar-refractivity contribution in [3.8, 4) is 0 Å². The van der Waals surface area contributed by atoms with Gasteiger partial charge in [-0.3, -0.25) is 0 Å². The summed E-state index contributed by atoms with van der Waals surface area (Å²) in [5.41, 5.74) is 0.706. The minimum absolute atomic E-state index is 0.0396. The van der Waals surface area contributed by atoms with E-state index in [2.05, 4.69) is 5.32 Å². The second-order valence-corrected chi connectivity index (χ2v) is 3.51. The van der Waals surface area contributed by atoms with E-state index in [4.69, 9.17) is 5.11 Å². The highest BCUT2D eigenvalue weighted by molar-refractivity contribution is 5.20. The zero-order valence-corrected chi connectivity index (χ0v) is 9.04. The highest BCUT2D eigenvalue weighted by Gasteiger charge is 2.11. The van der Waals surface area contributed by atoms with Gasteiger partial charge in [0.15, 0.2) is 0 Å². The summed E-state index contributed by atoms with van der Waals surface area (Å²) < 4.78 is 13.4. The maximum Gasteiger partial charge on any atom is 0.127 e. The molecule has 1 atom stereocenters. The van der Waals surface area contributed by atoms with E-state index in [1.165, 1.54) is 6.07 Å². The Morgan fingerprint density at radius 2 is 2.13 bits per heavy atom. The van der Waals surface area contributed by atoms with Gasteiger partial charge in [0.25, 0.3) is 0 Å². The number of nitrogens with one attached hydrogen (secondary N) is 1. The molecule has 2 N–H and O–H groups in total. The molecule has 0 spiro atoms. The highest BCUT2D eigenvalue weighted by Crippen LogP contribution is 2.19. The number of halogens is 1. The van der Waals surface area contributed by atoms with Gasteiger partial charge < -0.3 is 10.4 Å². The topological polar surface area (TPSA) is 32.3 Å². The Morgan fingerprint density at radius 1 is 1.40 bits per heavy atom. The Bertz CT molecular complexity index is 291. The molecule has 2 nitrogen and oxygen atoms in total. The summed E-state index contributed by atoms with van der Waals surface area (Å²) in [6.07, 6.45) is 1.54. The van der Waals surface area contributed by atoms with E-state index in [1.54, 1.807) is 12.1 Å². The minimum Gasteiger partial charge on any atom is -0.396 e. The molecule has 0 unspecified atom stereocenters. The summed E-state index contributed by atoms with van der Waals surface area (Å²) in [5.74, 6) is -0.166. The zero-order chi connectivity index (χ0) is 11.1. The largest absolute Gasteiger partial charge is 0.396 e. The average molecular weight is 211 g/mol. The van der Waals surface area contributed by atoms with Gasteiger partial charge in [0.2, 0.25) is 0 Å². The van der Waals surface area contributed by atoms with E-state index in [0.29, 0.717) is 18.5 Å². The van der Waals surface area contributed by atoms with Gasteiger partial charge in [-0.25, -0.2) is 4.39 Å². The summed E-state index contributed by atoms with van der Waals surface area (Å²) in [7, 11) is 0. The molecule has 1 aromatic rings. The van der Waals surface area contributed by atoms with Crippen molar-refractivity contribution in [2.45, 2.75) is 25.8 Å². The maximum atomic E-state index is 13.4. The first-order valence-corrected chi connectivity index (χ1v) is 5.38. The Kier molecular flexibility index (Phi) is 5.29. The van der Waals surface area contributed by atoms with Gasteiger partial charge >= 0.3 is 0 Å². The number of hydrogen-bond acceptors (Lipinski definition) is 2. The number of hydrogen-bond donors (Lipinski definition) is 2. The Labute approximate surface area is 90.1 Å². The maximum absolute atomic E-state index is 13.4. The lowest BCUT2D eigenvalue weighted by molar-refractivity contribution is 0.282. The molecular weight excluding hydrogens is 193 g/mol. The summed E-state index contributed by atoms with van der Waals surface area (Å²) in [6, 6.07) is 6.85. The molecule has 0 radical (unpaired) electrons. The molecule has 0 aliphatic heterocycles. The van der Waals surface area contributed by atoms with Crippen LogP contribution in [-0.2, 0) is 0 Å². The lowest BCUT2D eigenvalue weighted by Gasteiger charge is -2.17. The van der Waals surface area contributed by atoms with Crippen LogP contribution in [0.1, 0.15) is 31.4 Å². The fourth-order valence-corrected chi connectivity index (χ4v) is 1.59. The number of aliphatic hydroxyl groups excluding tert-OH is 1. The van der Waals surface area contributed by atoms with E-state index in [1.807, 2.05) is 13.0 Å². The zero-order valence-electron chi connectivity index (χ0n) is 9.04. The van der Waals surface area contributed by atoms with Crippen molar-refractivity contribution in [2.75, 3.05) is 13.2 Å². The SMILES string of the molecule is CC[C@H](NCCCO)c1ccccc1F. The molecule has 1 rings (SSSR count). The van der Waals surface area contributed by atoms with Gasteiger partial charge in [0.1, 0.15) is 5.82 Å². The lowest BCUT2D eigenvalue weighted by Crippen LogP contribution is -2.23. The van der Waals surface area contributed by atoms with Crippen molar-refractivity contribution >= 4 is 0 Å². The first-order chi connectivity index (χ1) is 7.29. The molecule has 15 heavy (non-hydrogen) atoms. The number of benzene rings is 1. The molecule has 0 aliphatic carbocycles. The van der Waals surface area contributed by atoms with E-state index in [0.717, 1.165) is 6.42 Å². The van der Waals surface area contributed by atoms with Crippen molar-refractivity contribution in [3.05, 3.63) is 35.6 Å². The van der Waals surface area contributed by atoms with Crippen molar-refractivity contribution in [1.82, 2.24) is 5.32 Å². The quantitative estimate of drug-likeness (QED) is 0.707. The van der Waals surface area contributed by atoms with Crippen LogP contribution in [0.3, 0.4) is 0 Å². The summed E-state index contributed by atoms with van der Waals surface area (Å²) in [5, 5.41) is 11.9. The first kappa shape index (κ1) is 12.1. The van der Waals surface area contributed by atoms with Crippen molar-refractivity contribution in [1.29, 1.82) is 0 Å². The molecule has 0 aliphatic rings. The van der Waals surface area contributed by atoms with E-state index < -0.39 is 0 Å². The van der Waals surface area contributed by atoms with Gasteiger partial charge in [-0.15, -0.1) is 0 Å². The fraction of sp³-hybridized carbons (Fsp3) is 0.500. The van der Waals surface area contributed by atoms with E-state index >= 15 is 0 Å². The molecule has 0 bridgehead atoms. The normalized spacial score (nSPS) is 12.7. The minimum atomic E-state index is -0.166. The van der Waals surface area contributed by atoms with E-state index in [-0.39, 0.29) is 18.5 Å². The Hall–Kier alpha value is -0.930. The summed E-state index contributed by atoms with van der Waals surface area (Å²) in [6.45, 7) is 2.90. The first-order valence-electron chi connectivity index (χ1n) is 5.38. The van der Waals surface area contributed by atoms with Gasteiger partial charge in [-0.2, -0.15) is 0 Å². The van der Waals surface area contributed by atoms with E-state index in [9.17, 15) is 4.39 Å². The van der Waals surface area contributed by atoms with Gasteiger partial charge in [-0.1, -0.05) is 25.1 Å². The third kappa shape index (κ3) is 3.61. The molecule has 0 aromatic heterocycles. The molecule has 0 saturated heterocycles. The third-order valence-corrected chi connectivity index (χ3v) is 2.41. The van der Waals surface area contributed by atoms with Crippen LogP contribution in [0.25, 0.3) is 0 Å². The standard InChI is InChI=1S/C12H18FNO/c1-2-12(14-8-5-9-15)10-6-3-4-7-11(10)13/h3-4,6-7,12,14-15H,2,5,8-9H2,1H3/t12-/m0/s1. The highest BCUT2D eigenvalue weighted by atomic mass is 19.1. The molecule has 0 heterocycles. The lowest BCUT2D eigenvalue weighted by atomic mass is 10.0. The monoisotopic (exact) mass is 211 g/mol. The van der Waals surface area contributed by atoms with Crippen LogP contribution in [-0.4, -0.2) is 18.3 Å². The van der Waals surface area contributed by atoms with Gasteiger partial charge in [0, 0.05) is 18.2 Å². The Balaban J connectivity index is 2.61. The smallest absolute Gasteiger partial charge is 0.127 e. The molecule has 84 valence electrons. The fourth-order valence-electron chi connectivity index (χ4n) is 1.59. The third-order valence-electron chi connectivity index (χ3n) is 2.41. The molecule has 3 heteroatoms. The second kappa shape index (κ2) is 6.53. The number of aliphatic hydroxyl groups is 1. The molecule has 1 aromatic carbocycles. The summed E-state index contributed by atoms with van der Waals surface area (Å²) >= 11 is 0. The molecule has 0 saturated carbocycles. The van der Waals surface area contributed by atoms with Crippen LogP contribution in [0.2, 0.25) is 0 Å². The van der Waals surface area contributed by atoms with Gasteiger partial charge in [0.05, 0.1) is 0 Å². The van der Waals surface area contributed by atoms with Crippen LogP contribution in [0, 0.1) is 5.82 Å². The van der Waals surface area contributed by atoms with Gasteiger partial charge in [-0.05, 0) is 25.5 Å². The predicted molar refractivity (Wildman–Crippen MR) is 59.1 cm³/mol. The predicted octanol–water partition coefficient (Wildman–Crippen LogP) is 2.25. The van der Waals surface area contributed by atoms with Crippen LogP contribution < -0.4 is 5.32 Å². The summed E-state index contributed by atoms with van der Waals surface area (Å²) in [4.78, 5) is 0. The molecule has 0 amide bonds.